The second-order valence-corrected chi connectivity index (χ2v) is 5.47. The van der Waals surface area contributed by atoms with Gasteiger partial charge in [0.1, 0.15) is 0 Å². The van der Waals surface area contributed by atoms with Crippen molar-refractivity contribution in [3.63, 3.8) is 0 Å². The minimum atomic E-state index is -0.0944. The lowest BCUT2D eigenvalue weighted by Crippen LogP contribution is -2.23. The lowest BCUT2D eigenvalue weighted by Gasteiger charge is -2.06. The molecule has 0 saturated carbocycles. The zero-order chi connectivity index (χ0) is 15.8. The van der Waals surface area contributed by atoms with Crippen molar-refractivity contribution in [1.82, 2.24) is 10.3 Å². The van der Waals surface area contributed by atoms with E-state index in [0.717, 1.165) is 23.6 Å². The van der Waals surface area contributed by atoms with Crippen molar-refractivity contribution >= 4 is 17.5 Å². The summed E-state index contributed by atoms with van der Waals surface area (Å²) in [7, 11) is 0. The fourth-order valence-electron chi connectivity index (χ4n) is 2.10. The van der Waals surface area contributed by atoms with E-state index in [1.54, 1.807) is 6.07 Å². The van der Waals surface area contributed by atoms with E-state index in [0.29, 0.717) is 18.7 Å². The summed E-state index contributed by atoms with van der Waals surface area (Å²) >= 11 is 5.83. The quantitative estimate of drug-likeness (QED) is 0.825. The first-order valence-corrected chi connectivity index (χ1v) is 7.62. The molecular formula is C17H19ClN2O2. The van der Waals surface area contributed by atoms with Gasteiger partial charge < -0.3 is 10.4 Å². The first kappa shape index (κ1) is 16.5. The Hall–Kier alpha value is -1.91. The number of nitrogens with one attached hydrogen (secondary N) is 1. The SMILES string of the molecule is O=C(CCCc1ccc(Cl)cc1)NCc1cccc(CO)n1. The number of aliphatic hydroxyl groups excluding tert-OH is 1. The number of rotatable bonds is 7. The number of carbonyl (C=O) groups excluding carboxylic acids is 1. The van der Waals surface area contributed by atoms with E-state index in [-0.39, 0.29) is 12.5 Å². The van der Waals surface area contributed by atoms with Gasteiger partial charge in [-0.2, -0.15) is 0 Å². The van der Waals surface area contributed by atoms with Crippen molar-refractivity contribution in [2.45, 2.75) is 32.4 Å². The van der Waals surface area contributed by atoms with E-state index >= 15 is 0 Å². The Kier molecular flexibility index (Phi) is 6.37. The van der Waals surface area contributed by atoms with Gasteiger partial charge >= 0.3 is 0 Å². The number of benzene rings is 1. The maximum atomic E-state index is 11.8. The molecule has 2 N–H and O–H groups in total. The van der Waals surface area contributed by atoms with Crippen LogP contribution in [0, 0.1) is 0 Å². The standard InChI is InChI=1S/C17H19ClN2O2/c18-14-9-7-13(8-10-14)3-1-6-17(22)19-11-15-4-2-5-16(12-21)20-15/h2,4-5,7-10,21H,1,3,6,11-12H2,(H,19,22). The average Bonchev–Trinajstić information content (AvgIpc) is 2.55. The van der Waals surface area contributed by atoms with Gasteiger partial charge in [-0.1, -0.05) is 29.8 Å². The Morgan fingerprint density at radius 3 is 2.59 bits per heavy atom. The predicted octanol–water partition coefficient (Wildman–Crippen LogP) is 2.87. The van der Waals surface area contributed by atoms with Gasteiger partial charge in [0.05, 0.1) is 24.5 Å². The van der Waals surface area contributed by atoms with E-state index in [1.165, 1.54) is 5.56 Å². The highest BCUT2D eigenvalue weighted by Gasteiger charge is 2.03. The normalized spacial score (nSPS) is 10.5. The van der Waals surface area contributed by atoms with E-state index in [1.807, 2.05) is 36.4 Å². The molecule has 5 heteroatoms. The Balaban J connectivity index is 1.70. The zero-order valence-corrected chi connectivity index (χ0v) is 13.0. The first-order chi connectivity index (χ1) is 10.7. The largest absolute Gasteiger partial charge is 0.390 e. The Labute approximate surface area is 135 Å². The summed E-state index contributed by atoms with van der Waals surface area (Å²) in [5.74, 6) is 0.00478. The fraction of sp³-hybridized carbons (Fsp3) is 0.294. The Bertz CT molecular complexity index is 614. The monoisotopic (exact) mass is 318 g/mol. The van der Waals surface area contributed by atoms with Gasteiger partial charge in [0, 0.05) is 11.4 Å². The van der Waals surface area contributed by atoms with E-state index < -0.39 is 0 Å². The summed E-state index contributed by atoms with van der Waals surface area (Å²) in [5.41, 5.74) is 2.53. The van der Waals surface area contributed by atoms with E-state index in [4.69, 9.17) is 16.7 Å². The van der Waals surface area contributed by atoms with Crippen molar-refractivity contribution in [2.75, 3.05) is 0 Å². The molecule has 1 aromatic carbocycles. The number of aromatic nitrogens is 1. The van der Waals surface area contributed by atoms with Crippen LogP contribution in [0.25, 0.3) is 0 Å². The fourth-order valence-corrected chi connectivity index (χ4v) is 2.22. The molecule has 1 amide bonds. The number of nitrogens with zero attached hydrogens (tertiary/aromatic N) is 1. The summed E-state index contributed by atoms with van der Waals surface area (Å²) < 4.78 is 0. The van der Waals surface area contributed by atoms with E-state index in [9.17, 15) is 4.79 Å². The molecule has 0 saturated heterocycles. The van der Waals surface area contributed by atoms with Crippen molar-refractivity contribution in [1.29, 1.82) is 0 Å². The molecule has 0 bridgehead atoms. The summed E-state index contributed by atoms with van der Waals surface area (Å²) in [6, 6.07) is 13.1. The molecule has 0 aliphatic rings. The molecule has 0 aliphatic carbocycles. The Morgan fingerprint density at radius 1 is 1.14 bits per heavy atom. The summed E-state index contributed by atoms with van der Waals surface area (Å²) in [5, 5.41) is 12.6. The molecular weight excluding hydrogens is 300 g/mol. The summed E-state index contributed by atoms with van der Waals surface area (Å²) in [6.07, 6.45) is 2.11. The number of amides is 1. The van der Waals surface area contributed by atoms with Gasteiger partial charge in [-0.15, -0.1) is 0 Å². The van der Waals surface area contributed by atoms with Crippen molar-refractivity contribution in [2.24, 2.45) is 0 Å². The van der Waals surface area contributed by atoms with Crippen LogP contribution >= 0.6 is 11.6 Å². The summed E-state index contributed by atoms with van der Waals surface area (Å²) in [4.78, 5) is 16.0. The van der Waals surface area contributed by atoms with Crippen LogP contribution in [0.4, 0.5) is 0 Å². The highest BCUT2D eigenvalue weighted by Crippen LogP contribution is 2.11. The first-order valence-electron chi connectivity index (χ1n) is 7.24. The van der Waals surface area contributed by atoms with E-state index in [2.05, 4.69) is 10.3 Å². The van der Waals surface area contributed by atoms with Crippen LogP contribution in [0.15, 0.2) is 42.5 Å². The summed E-state index contributed by atoms with van der Waals surface area (Å²) in [6.45, 7) is 0.288. The molecule has 22 heavy (non-hydrogen) atoms. The molecule has 0 spiro atoms. The second-order valence-electron chi connectivity index (χ2n) is 5.04. The molecule has 1 heterocycles. The van der Waals surface area contributed by atoms with Gasteiger partial charge in [-0.05, 0) is 42.7 Å². The number of aryl methyl sites for hydroxylation is 1. The second kappa shape index (κ2) is 8.51. The Morgan fingerprint density at radius 2 is 1.86 bits per heavy atom. The third-order valence-electron chi connectivity index (χ3n) is 3.28. The molecule has 4 nitrogen and oxygen atoms in total. The molecule has 2 rings (SSSR count). The lowest BCUT2D eigenvalue weighted by atomic mass is 10.1. The minimum Gasteiger partial charge on any atom is -0.390 e. The van der Waals surface area contributed by atoms with Gasteiger partial charge in [0.2, 0.25) is 5.91 Å². The van der Waals surface area contributed by atoms with Crippen LogP contribution < -0.4 is 5.32 Å². The molecule has 116 valence electrons. The van der Waals surface area contributed by atoms with Crippen molar-refractivity contribution in [3.8, 4) is 0 Å². The maximum absolute atomic E-state index is 11.8. The smallest absolute Gasteiger partial charge is 0.220 e. The van der Waals surface area contributed by atoms with Crippen LogP contribution in [0.1, 0.15) is 29.8 Å². The van der Waals surface area contributed by atoms with Crippen LogP contribution in [-0.2, 0) is 24.4 Å². The third kappa shape index (κ3) is 5.47. The van der Waals surface area contributed by atoms with Crippen LogP contribution in [0.3, 0.4) is 0 Å². The molecule has 0 atom stereocenters. The topological polar surface area (TPSA) is 62.2 Å². The molecule has 0 radical (unpaired) electrons. The van der Waals surface area contributed by atoms with Crippen molar-refractivity contribution in [3.05, 3.63) is 64.4 Å². The number of hydrogen-bond acceptors (Lipinski definition) is 3. The third-order valence-corrected chi connectivity index (χ3v) is 3.53. The van der Waals surface area contributed by atoms with Crippen molar-refractivity contribution < 1.29 is 9.90 Å². The van der Waals surface area contributed by atoms with Gasteiger partial charge in [0.25, 0.3) is 0 Å². The van der Waals surface area contributed by atoms with Crippen LogP contribution in [-0.4, -0.2) is 16.0 Å². The highest BCUT2D eigenvalue weighted by atomic mass is 35.5. The number of aliphatic hydroxyl groups is 1. The number of hydrogen-bond donors (Lipinski definition) is 2. The van der Waals surface area contributed by atoms with Crippen LogP contribution in [0.5, 0.6) is 0 Å². The van der Waals surface area contributed by atoms with Gasteiger partial charge in [0.15, 0.2) is 0 Å². The minimum absolute atomic E-state index is 0.00478. The van der Waals surface area contributed by atoms with Gasteiger partial charge in [-0.25, -0.2) is 0 Å². The molecule has 1 aromatic heterocycles. The average molecular weight is 319 g/mol. The number of halogens is 1. The predicted molar refractivity (Wildman–Crippen MR) is 86.4 cm³/mol. The molecule has 2 aromatic rings. The zero-order valence-electron chi connectivity index (χ0n) is 12.3. The van der Waals surface area contributed by atoms with Crippen LogP contribution in [0.2, 0.25) is 5.02 Å². The molecule has 0 aliphatic heterocycles. The number of carbonyl (C=O) groups is 1. The molecule has 0 fully saturated rings. The highest BCUT2D eigenvalue weighted by molar-refractivity contribution is 6.30. The molecule has 0 unspecified atom stereocenters. The number of pyridine rings is 1. The van der Waals surface area contributed by atoms with Gasteiger partial charge in [-0.3, -0.25) is 9.78 Å². The lowest BCUT2D eigenvalue weighted by molar-refractivity contribution is -0.121. The maximum Gasteiger partial charge on any atom is 0.220 e.